The van der Waals surface area contributed by atoms with Gasteiger partial charge in [0, 0.05) is 17.3 Å². The molecule has 0 spiro atoms. The van der Waals surface area contributed by atoms with Gasteiger partial charge in [0.05, 0.1) is 11.4 Å². The molecule has 3 rings (SSSR count). The maximum absolute atomic E-state index is 6.01. The highest BCUT2D eigenvalue weighted by atomic mass is 35.5. The zero-order valence-electron chi connectivity index (χ0n) is 13.0. The van der Waals surface area contributed by atoms with E-state index in [1.54, 1.807) is 12.5 Å². The van der Waals surface area contributed by atoms with Crippen molar-refractivity contribution in [1.82, 2.24) is 24.7 Å². The van der Waals surface area contributed by atoms with Crippen LogP contribution in [0.15, 0.2) is 30.7 Å². The van der Waals surface area contributed by atoms with Crippen LogP contribution in [0, 0.1) is 32.6 Å². The Morgan fingerprint density at radius 2 is 1.83 bits per heavy atom. The quantitative estimate of drug-likeness (QED) is 0.510. The molecule has 3 aromatic heterocycles. The number of imidazole rings is 1. The molecule has 0 amide bonds. The van der Waals surface area contributed by atoms with E-state index in [0.29, 0.717) is 10.8 Å². The number of nitrogens with zero attached hydrogens (tertiary/aromatic N) is 5. The third kappa shape index (κ3) is 3.08. The van der Waals surface area contributed by atoms with Crippen LogP contribution >= 0.6 is 11.6 Å². The zero-order chi connectivity index (χ0) is 16.4. The second kappa shape index (κ2) is 6.19. The number of halogens is 1. The Kier molecular flexibility index (Phi) is 4.09. The Morgan fingerprint density at radius 1 is 1.00 bits per heavy atom. The van der Waals surface area contributed by atoms with Crippen molar-refractivity contribution in [3.8, 4) is 17.7 Å². The smallest absolute Gasteiger partial charge is 0.160 e. The fraction of sp³-hybridized carbons (Fsp3) is 0.176. The van der Waals surface area contributed by atoms with Gasteiger partial charge in [0.25, 0.3) is 0 Å². The van der Waals surface area contributed by atoms with E-state index < -0.39 is 0 Å². The molecule has 0 aromatic carbocycles. The summed E-state index contributed by atoms with van der Waals surface area (Å²) in [5, 5.41) is 8.70. The van der Waals surface area contributed by atoms with E-state index in [1.165, 1.54) is 0 Å². The van der Waals surface area contributed by atoms with Crippen molar-refractivity contribution in [3.63, 3.8) is 0 Å². The van der Waals surface area contributed by atoms with E-state index in [2.05, 4.69) is 32.0 Å². The van der Waals surface area contributed by atoms with E-state index in [1.807, 2.05) is 43.5 Å². The first-order valence-corrected chi connectivity index (χ1v) is 7.42. The molecule has 0 N–H and O–H groups in total. The van der Waals surface area contributed by atoms with Gasteiger partial charge in [-0.2, -0.15) is 5.10 Å². The van der Waals surface area contributed by atoms with Crippen LogP contribution in [-0.4, -0.2) is 24.7 Å². The van der Waals surface area contributed by atoms with Crippen LogP contribution in [0.1, 0.15) is 28.2 Å². The van der Waals surface area contributed by atoms with E-state index in [0.717, 1.165) is 28.3 Å². The molecule has 0 aliphatic heterocycles. The first-order valence-electron chi connectivity index (χ1n) is 7.04. The van der Waals surface area contributed by atoms with Crippen LogP contribution in [0.4, 0.5) is 0 Å². The minimum atomic E-state index is 0.467. The Morgan fingerprint density at radius 3 is 2.57 bits per heavy atom. The van der Waals surface area contributed by atoms with Crippen molar-refractivity contribution in [2.75, 3.05) is 0 Å². The summed E-state index contributed by atoms with van der Waals surface area (Å²) in [6, 6.07) is 5.66. The summed E-state index contributed by atoms with van der Waals surface area (Å²) in [6.45, 7) is 5.74. The molecular weight excluding hydrogens is 310 g/mol. The lowest BCUT2D eigenvalue weighted by Gasteiger charge is -2.02. The van der Waals surface area contributed by atoms with Crippen molar-refractivity contribution in [2.45, 2.75) is 20.8 Å². The van der Waals surface area contributed by atoms with Crippen LogP contribution in [0.3, 0.4) is 0 Å². The topological polar surface area (TPSA) is 56.5 Å². The molecule has 0 atom stereocenters. The Hall–Kier alpha value is -2.71. The number of pyridine rings is 1. The molecule has 3 heterocycles. The number of rotatable bonds is 1. The zero-order valence-corrected chi connectivity index (χ0v) is 13.8. The number of aromatic nitrogens is 5. The summed E-state index contributed by atoms with van der Waals surface area (Å²) >= 11 is 6.01. The van der Waals surface area contributed by atoms with E-state index in [4.69, 9.17) is 11.6 Å². The van der Waals surface area contributed by atoms with E-state index in [-0.39, 0.29) is 0 Å². The minimum Gasteiger partial charge on any atom is -0.285 e. The largest absolute Gasteiger partial charge is 0.285 e. The van der Waals surface area contributed by atoms with Crippen LogP contribution in [0.25, 0.3) is 5.82 Å². The van der Waals surface area contributed by atoms with Gasteiger partial charge in [-0.15, -0.1) is 5.10 Å². The number of hydrogen-bond donors (Lipinski definition) is 0. The average molecular weight is 324 g/mol. The molecule has 0 bridgehead atoms. The molecule has 0 saturated carbocycles. The van der Waals surface area contributed by atoms with Crippen molar-refractivity contribution >= 4 is 11.6 Å². The van der Waals surface area contributed by atoms with Crippen LogP contribution in [0.2, 0.25) is 5.15 Å². The monoisotopic (exact) mass is 323 g/mol. The predicted octanol–water partition coefficient (Wildman–Crippen LogP) is 3.04. The number of aryl methyl sites for hydroxylation is 1. The van der Waals surface area contributed by atoms with Crippen LogP contribution in [0.5, 0.6) is 0 Å². The van der Waals surface area contributed by atoms with Gasteiger partial charge >= 0.3 is 0 Å². The first kappa shape index (κ1) is 15.2. The Labute approximate surface area is 139 Å². The van der Waals surface area contributed by atoms with Gasteiger partial charge in [-0.1, -0.05) is 17.5 Å². The minimum absolute atomic E-state index is 0.467. The molecule has 6 heteroatoms. The van der Waals surface area contributed by atoms with Gasteiger partial charge in [0.2, 0.25) is 0 Å². The number of hydrogen-bond acceptors (Lipinski definition) is 4. The third-order valence-electron chi connectivity index (χ3n) is 3.50. The summed E-state index contributed by atoms with van der Waals surface area (Å²) in [5.74, 6) is 6.90. The Balaban J connectivity index is 1.96. The molecule has 23 heavy (non-hydrogen) atoms. The molecule has 0 saturated heterocycles. The van der Waals surface area contributed by atoms with Crippen LogP contribution in [-0.2, 0) is 0 Å². The van der Waals surface area contributed by atoms with Gasteiger partial charge in [0.15, 0.2) is 5.82 Å². The lowest BCUT2D eigenvalue weighted by atomic mass is 10.1. The SMILES string of the molecule is Cc1ccc(-n2cnc(C#Cc3ccnc(Cl)c3C)c2C)nn1. The van der Waals surface area contributed by atoms with Crippen molar-refractivity contribution < 1.29 is 0 Å². The summed E-state index contributed by atoms with van der Waals surface area (Å²) in [5.41, 5.74) is 4.18. The fourth-order valence-corrected chi connectivity index (χ4v) is 2.21. The lowest BCUT2D eigenvalue weighted by molar-refractivity contribution is 0.873. The lowest BCUT2D eigenvalue weighted by Crippen LogP contribution is -2.00. The molecule has 0 aliphatic carbocycles. The second-order valence-corrected chi connectivity index (χ2v) is 5.46. The molecular formula is C17H14ClN5. The predicted molar refractivity (Wildman–Crippen MR) is 88.6 cm³/mol. The van der Waals surface area contributed by atoms with Crippen molar-refractivity contribution in [2.24, 2.45) is 0 Å². The highest BCUT2D eigenvalue weighted by Gasteiger charge is 2.08. The van der Waals surface area contributed by atoms with Gasteiger partial charge in [-0.25, -0.2) is 9.97 Å². The highest BCUT2D eigenvalue weighted by Crippen LogP contribution is 2.15. The van der Waals surface area contributed by atoms with Gasteiger partial charge in [0.1, 0.15) is 17.2 Å². The van der Waals surface area contributed by atoms with E-state index in [9.17, 15) is 0 Å². The molecule has 114 valence electrons. The third-order valence-corrected chi connectivity index (χ3v) is 3.88. The maximum Gasteiger partial charge on any atom is 0.160 e. The van der Waals surface area contributed by atoms with Crippen molar-refractivity contribution in [3.05, 3.63) is 64.1 Å². The van der Waals surface area contributed by atoms with Gasteiger partial charge in [-0.3, -0.25) is 4.57 Å². The molecule has 3 aromatic rings. The fourth-order valence-electron chi connectivity index (χ4n) is 2.06. The molecule has 0 unspecified atom stereocenters. The molecule has 0 radical (unpaired) electrons. The summed E-state index contributed by atoms with van der Waals surface area (Å²) in [4.78, 5) is 8.38. The molecule has 5 nitrogen and oxygen atoms in total. The van der Waals surface area contributed by atoms with Crippen molar-refractivity contribution in [1.29, 1.82) is 0 Å². The second-order valence-electron chi connectivity index (χ2n) is 5.11. The standard InChI is InChI=1S/C17H14ClN5/c1-11-4-7-16(22-21-11)23-10-20-15(13(23)3)6-5-14-8-9-19-17(18)12(14)2/h4,7-10H,1-3H3. The van der Waals surface area contributed by atoms with E-state index >= 15 is 0 Å². The van der Waals surface area contributed by atoms with Gasteiger partial charge in [-0.05, 0) is 44.9 Å². The maximum atomic E-state index is 6.01. The summed E-state index contributed by atoms with van der Waals surface area (Å²) in [6.07, 6.45) is 3.35. The molecule has 0 aliphatic rings. The normalized spacial score (nSPS) is 10.3. The first-order chi connectivity index (χ1) is 11.1. The van der Waals surface area contributed by atoms with Crippen LogP contribution < -0.4 is 0 Å². The average Bonchev–Trinajstić information content (AvgIpc) is 2.91. The molecule has 0 fully saturated rings. The summed E-state index contributed by atoms with van der Waals surface area (Å²) in [7, 11) is 0. The summed E-state index contributed by atoms with van der Waals surface area (Å²) < 4.78 is 1.86. The highest BCUT2D eigenvalue weighted by molar-refractivity contribution is 6.30. The Bertz CT molecular complexity index is 916. The van der Waals surface area contributed by atoms with Gasteiger partial charge < -0.3 is 0 Å².